The van der Waals surface area contributed by atoms with E-state index in [4.69, 9.17) is 4.74 Å². The molecule has 0 spiro atoms. The Labute approximate surface area is 147 Å². The van der Waals surface area contributed by atoms with Crippen molar-refractivity contribution in [3.63, 3.8) is 0 Å². The molecule has 0 radical (unpaired) electrons. The van der Waals surface area contributed by atoms with Gasteiger partial charge in [0.2, 0.25) is 0 Å². The molecule has 0 aliphatic carbocycles. The summed E-state index contributed by atoms with van der Waals surface area (Å²) in [7, 11) is 0. The fraction of sp³-hybridized carbons (Fsp3) is 0.235. The number of carbonyl (C=O) groups excluding carboxylic acids is 1. The molecule has 3 nitrogen and oxygen atoms in total. The van der Waals surface area contributed by atoms with Crippen LogP contribution < -0.4 is 10.1 Å². The Kier molecular flexibility index (Phi) is 6.46. The second-order valence-electron chi connectivity index (χ2n) is 4.86. The van der Waals surface area contributed by atoms with E-state index in [-0.39, 0.29) is 12.5 Å². The standard InChI is InChI=1S/C17H17Br2NO2/c1-2-3-12-4-9-16(15(19)10-12)22-11-17(21)20-14-7-5-13(18)6-8-14/h4-10H,2-3,11H2,1H3,(H,20,21). The lowest BCUT2D eigenvalue weighted by Gasteiger charge is -2.10. The van der Waals surface area contributed by atoms with Gasteiger partial charge in [-0.1, -0.05) is 35.3 Å². The lowest BCUT2D eigenvalue weighted by Crippen LogP contribution is -2.20. The van der Waals surface area contributed by atoms with Crippen LogP contribution in [-0.2, 0) is 11.2 Å². The number of benzene rings is 2. The third-order valence-corrected chi connectivity index (χ3v) is 4.17. The van der Waals surface area contributed by atoms with Crippen LogP contribution in [0.15, 0.2) is 51.4 Å². The molecule has 0 fully saturated rings. The number of halogens is 2. The molecule has 2 aromatic rings. The zero-order chi connectivity index (χ0) is 15.9. The minimum absolute atomic E-state index is 0.0260. The fourth-order valence-electron chi connectivity index (χ4n) is 1.98. The van der Waals surface area contributed by atoms with Crippen LogP contribution in [0.1, 0.15) is 18.9 Å². The molecule has 0 aliphatic rings. The number of hydrogen-bond acceptors (Lipinski definition) is 2. The van der Waals surface area contributed by atoms with Crippen LogP contribution in [0, 0.1) is 0 Å². The zero-order valence-corrected chi connectivity index (χ0v) is 15.4. The van der Waals surface area contributed by atoms with Crippen LogP contribution in [0.5, 0.6) is 5.75 Å². The van der Waals surface area contributed by atoms with Gasteiger partial charge in [0.05, 0.1) is 4.47 Å². The van der Waals surface area contributed by atoms with Gasteiger partial charge >= 0.3 is 0 Å². The van der Waals surface area contributed by atoms with Crippen molar-refractivity contribution in [3.8, 4) is 5.75 Å². The summed E-state index contributed by atoms with van der Waals surface area (Å²) in [5.74, 6) is 0.484. The number of carbonyl (C=O) groups is 1. The molecule has 0 saturated carbocycles. The van der Waals surface area contributed by atoms with Gasteiger partial charge in [-0.05, 0) is 64.3 Å². The third kappa shape index (κ3) is 5.14. The van der Waals surface area contributed by atoms with Gasteiger partial charge in [-0.15, -0.1) is 0 Å². The highest BCUT2D eigenvalue weighted by Crippen LogP contribution is 2.26. The minimum Gasteiger partial charge on any atom is -0.483 e. The molecule has 0 unspecified atom stereocenters. The molecule has 0 aliphatic heterocycles. The average molecular weight is 427 g/mol. The van der Waals surface area contributed by atoms with Gasteiger partial charge in [0, 0.05) is 10.2 Å². The molecule has 22 heavy (non-hydrogen) atoms. The maximum absolute atomic E-state index is 11.9. The second kappa shape index (κ2) is 8.34. The van der Waals surface area contributed by atoms with E-state index in [0.717, 1.165) is 27.5 Å². The molecule has 116 valence electrons. The van der Waals surface area contributed by atoms with E-state index < -0.39 is 0 Å². The number of nitrogens with one attached hydrogen (secondary N) is 1. The molecule has 5 heteroatoms. The summed E-state index contributed by atoms with van der Waals surface area (Å²) in [4.78, 5) is 11.9. The maximum atomic E-state index is 11.9. The van der Waals surface area contributed by atoms with Crippen molar-refractivity contribution in [1.29, 1.82) is 0 Å². The summed E-state index contributed by atoms with van der Waals surface area (Å²) < 4.78 is 7.40. The van der Waals surface area contributed by atoms with Crippen LogP contribution in [0.3, 0.4) is 0 Å². The highest BCUT2D eigenvalue weighted by molar-refractivity contribution is 9.10. The lowest BCUT2D eigenvalue weighted by molar-refractivity contribution is -0.118. The van der Waals surface area contributed by atoms with Gasteiger partial charge in [0.1, 0.15) is 5.75 Å². The molecule has 2 rings (SSSR count). The maximum Gasteiger partial charge on any atom is 0.262 e. The van der Waals surface area contributed by atoms with E-state index in [2.05, 4.69) is 44.1 Å². The van der Waals surface area contributed by atoms with Gasteiger partial charge in [-0.2, -0.15) is 0 Å². The van der Waals surface area contributed by atoms with Crippen molar-refractivity contribution in [2.45, 2.75) is 19.8 Å². The number of hydrogen-bond donors (Lipinski definition) is 1. The second-order valence-corrected chi connectivity index (χ2v) is 6.63. The topological polar surface area (TPSA) is 38.3 Å². The first-order chi connectivity index (χ1) is 10.6. The number of aryl methyl sites for hydroxylation is 1. The van der Waals surface area contributed by atoms with E-state index in [1.807, 2.05) is 42.5 Å². The number of amides is 1. The van der Waals surface area contributed by atoms with Crippen molar-refractivity contribution >= 4 is 43.5 Å². The van der Waals surface area contributed by atoms with E-state index in [1.165, 1.54) is 5.56 Å². The molecule has 2 aromatic carbocycles. The molecule has 0 atom stereocenters. The van der Waals surface area contributed by atoms with E-state index in [1.54, 1.807) is 0 Å². The van der Waals surface area contributed by atoms with Crippen LogP contribution in [0.4, 0.5) is 5.69 Å². The summed E-state index contributed by atoms with van der Waals surface area (Å²) in [6.07, 6.45) is 2.13. The van der Waals surface area contributed by atoms with Crippen molar-refractivity contribution < 1.29 is 9.53 Å². The predicted octanol–water partition coefficient (Wildman–Crippen LogP) is 5.18. The Hall–Kier alpha value is -1.33. The first-order valence-corrected chi connectivity index (χ1v) is 8.63. The monoisotopic (exact) mass is 425 g/mol. The average Bonchev–Trinajstić information content (AvgIpc) is 2.49. The van der Waals surface area contributed by atoms with Gasteiger partial charge in [0.25, 0.3) is 5.91 Å². The Bertz CT molecular complexity index is 642. The number of anilines is 1. The van der Waals surface area contributed by atoms with E-state index >= 15 is 0 Å². The normalized spacial score (nSPS) is 10.3. The molecular weight excluding hydrogens is 410 g/mol. The van der Waals surface area contributed by atoms with Gasteiger partial charge in [-0.25, -0.2) is 0 Å². The highest BCUT2D eigenvalue weighted by atomic mass is 79.9. The molecule has 0 bridgehead atoms. The quantitative estimate of drug-likeness (QED) is 0.690. The molecule has 0 aromatic heterocycles. The largest absolute Gasteiger partial charge is 0.483 e. The first-order valence-electron chi connectivity index (χ1n) is 7.05. The van der Waals surface area contributed by atoms with Crippen LogP contribution >= 0.6 is 31.9 Å². The summed E-state index contributed by atoms with van der Waals surface area (Å²) >= 11 is 6.84. The number of rotatable bonds is 6. The third-order valence-electron chi connectivity index (χ3n) is 3.02. The minimum atomic E-state index is -0.188. The summed E-state index contributed by atoms with van der Waals surface area (Å²) in [6, 6.07) is 13.4. The zero-order valence-electron chi connectivity index (χ0n) is 12.2. The van der Waals surface area contributed by atoms with Crippen molar-refractivity contribution in [1.82, 2.24) is 0 Å². The smallest absolute Gasteiger partial charge is 0.262 e. The van der Waals surface area contributed by atoms with Gasteiger partial charge < -0.3 is 10.1 Å². The van der Waals surface area contributed by atoms with E-state index in [9.17, 15) is 4.79 Å². The van der Waals surface area contributed by atoms with Crippen molar-refractivity contribution in [3.05, 3.63) is 57.0 Å². The number of ether oxygens (including phenoxy) is 1. The molecule has 0 saturated heterocycles. The molecule has 0 heterocycles. The van der Waals surface area contributed by atoms with Crippen LogP contribution in [-0.4, -0.2) is 12.5 Å². The summed E-state index contributed by atoms with van der Waals surface area (Å²) in [6.45, 7) is 2.12. The summed E-state index contributed by atoms with van der Waals surface area (Å²) in [5.41, 5.74) is 2.00. The highest BCUT2D eigenvalue weighted by Gasteiger charge is 2.07. The van der Waals surface area contributed by atoms with Gasteiger partial charge in [0.15, 0.2) is 6.61 Å². The SMILES string of the molecule is CCCc1ccc(OCC(=O)Nc2ccc(Br)cc2)c(Br)c1. The Balaban J connectivity index is 1.89. The van der Waals surface area contributed by atoms with Crippen molar-refractivity contribution in [2.24, 2.45) is 0 Å². The van der Waals surface area contributed by atoms with Gasteiger partial charge in [-0.3, -0.25) is 4.79 Å². The molecule has 1 amide bonds. The van der Waals surface area contributed by atoms with Crippen molar-refractivity contribution in [2.75, 3.05) is 11.9 Å². The van der Waals surface area contributed by atoms with Crippen LogP contribution in [0.25, 0.3) is 0 Å². The Morgan fingerprint density at radius 1 is 1.14 bits per heavy atom. The Morgan fingerprint density at radius 3 is 2.50 bits per heavy atom. The fourth-order valence-corrected chi connectivity index (χ4v) is 2.78. The van der Waals surface area contributed by atoms with Crippen LogP contribution in [0.2, 0.25) is 0 Å². The first kappa shape index (κ1) is 17.0. The lowest BCUT2D eigenvalue weighted by atomic mass is 10.1. The predicted molar refractivity (Wildman–Crippen MR) is 96.4 cm³/mol. The summed E-state index contributed by atoms with van der Waals surface area (Å²) in [5, 5.41) is 2.79. The molecule has 1 N–H and O–H groups in total. The van der Waals surface area contributed by atoms with E-state index in [0.29, 0.717) is 5.75 Å². The molecular formula is C17H17Br2NO2. The Morgan fingerprint density at radius 2 is 1.86 bits per heavy atom.